The number of hydrogen-bond donors (Lipinski definition) is 1. The van der Waals surface area contributed by atoms with Gasteiger partial charge < -0.3 is 5.32 Å². The maximum Gasteiger partial charge on any atom is 0.0292 e. The summed E-state index contributed by atoms with van der Waals surface area (Å²) in [5.41, 5.74) is 1.38. The van der Waals surface area contributed by atoms with Gasteiger partial charge in [-0.25, -0.2) is 0 Å². The molecular weight excluding hydrogens is 250 g/mol. The number of fused-ring (bicyclic) bond motifs is 1. The average molecular weight is 273 g/mol. The second kappa shape index (κ2) is 7.56. The van der Waals surface area contributed by atoms with E-state index in [1.807, 2.05) is 11.8 Å². The minimum Gasteiger partial charge on any atom is -0.310 e. The molecule has 0 spiro atoms. The molecule has 0 radical (unpaired) electrons. The average Bonchev–Trinajstić information content (AvgIpc) is 2.46. The van der Waals surface area contributed by atoms with E-state index in [2.05, 4.69) is 61.0 Å². The highest BCUT2D eigenvalue weighted by Gasteiger charge is 2.04. The quantitative estimate of drug-likeness (QED) is 0.738. The van der Waals surface area contributed by atoms with E-state index in [1.54, 1.807) is 0 Å². The van der Waals surface area contributed by atoms with Crippen molar-refractivity contribution in [2.24, 2.45) is 0 Å². The lowest BCUT2D eigenvalue weighted by Gasteiger charge is -2.15. The van der Waals surface area contributed by atoms with Crippen LogP contribution in [-0.2, 0) is 0 Å². The van der Waals surface area contributed by atoms with E-state index in [-0.39, 0.29) is 0 Å². The van der Waals surface area contributed by atoms with Gasteiger partial charge in [-0.1, -0.05) is 36.4 Å². The highest BCUT2D eigenvalue weighted by atomic mass is 32.2. The highest BCUT2D eigenvalue weighted by Crippen LogP contribution is 2.20. The van der Waals surface area contributed by atoms with Crippen molar-refractivity contribution in [3.63, 3.8) is 0 Å². The number of benzene rings is 2. The van der Waals surface area contributed by atoms with Crippen molar-refractivity contribution in [1.82, 2.24) is 5.32 Å². The summed E-state index contributed by atoms with van der Waals surface area (Å²) in [5.74, 6) is 1.27. The number of hydrogen-bond acceptors (Lipinski definition) is 2. The molecule has 0 bridgehead atoms. The Labute approximate surface area is 120 Å². The molecule has 0 aliphatic heterocycles. The van der Waals surface area contributed by atoms with Gasteiger partial charge in [0, 0.05) is 6.04 Å². The Morgan fingerprint density at radius 1 is 1.05 bits per heavy atom. The van der Waals surface area contributed by atoms with Crippen LogP contribution in [0.25, 0.3) is 10.8 Å². The smallest absolute Gasteiger partial charge is 0.0292 e. The molecule has 0 fully saturated rings. The molecule has 0 aliphatic rings. The van der Waals surface area contributed by atoms with Crippen molar-refractivity contribution >= 4 is 22.5 Å². The molecule has 2 rings (SSSR count). The van der Waals surface area contributed by atoms with Gasteiger partial charge in [-0.3, -0.25) is 0 Å². The summed E-state index contributed by atoms with van der Waals surface area (Å²) in [6.07, 6.45) is 4.74. The van der Waals surface area contributed by atoms with Crippen LogP contribution in [0.3, 0.4) is 0 Å². The van der Waals surface area contributed by atoms with Crippen molar-refractivity contribution in [1.29, 1.82) is 0 Å². The molecule has 2 heteroatoms. The molecule has 0 heterocycles. The fourth-order valence-electron chi connectivity index (χ4n) is 2.28. The minimum atomic E-state index is 0.430. The van der Waals surface area contributed by atoms with Gasteiger partial charge in [0.2, 0.25) is 0 Å². The maximum atomic E-state index is 3.61. The van der Waals surface area contributed by atoms with Crippen LogP contribution in [-0.4, -0.2) is 18.6 Å². The fraction of sp³-hybridized carbons (Fsp3) is 0.412. The SMILES string of the molecule is CSCCCCNC(C)c1ccc2ccccc2c1. The number of rotatable bonds is 7. The Kier molecular flexibility index (Phi) is 5.74. The van der Waals surface area contributed by atoms with Crippen LogP contribution >= 0.6 is 11.8 Å². The fourth-order valence-corrected chi connectivity index (χ4v) is 2.78. The van der Waals surface area contributed by atoms with Crippen molar-refractivity contribution in [3.8, 4) is 0 Å². The molecule has 1 N–H and O–H groups in total. The first-order valence-corrected chi connectivity index (χ1v) is 8.41. The predicted molar refractivity (Wildman–Crippen MR) is 88.0 cm³/mol. The Balaban J connectivity index is 1.91. The van der Waals surface area contributed by atoms with E-state index < -0.39 is 0 Å². The first-order valence-electron chi connectivity index (χ1n) is 7.02. The summed E-state index contributed by atoms with van der Waals surface area (Å²) < 4.78 is 0. The number of thioether (sulfide) groups is 1. The van der Waals surface area contributed by atoms with Crippen LogP contribution in [0.1, 0.15) is 31.4 Å². The predicted octanol–water partition coefficient (Wildman–Crippen LogP) is 4.63. The monoisotopic (exact) mass is 273 g/mol. The van der Waals surface area contributed by atoms with Crippen molar-refractivity contribution in [3.05, 3.63) is 48.0 Å². The second-order valence-corrected chi connectivity index (χ2v) is 5.97. The van der Waals surface area contributed by atoms with E-state index in [4.69, 9.17) is 0 Å². The van der Waals surface area contributed by atoms with Crippen LogP contribution in [0.4, 0.5) is 0 Å². The zero-order valence-corrected chi connectivity index (χ0v) is 12.7. The van der Waals surface area contributed by atoms with Gasteiger partial charge in [0.15, 0.2) is 0 Å². The zero-order valence-electron chi connectivity index (χ0n) is 11.9. The zero-order chi connectivity index (χ0) is 13.5. The Morgan fingerprint density at radius 3 is 2.63 bits per heavy atom. The Hall–Kier alpha value is -0.990. The summed E-state index contributed by atoms with van der Waals surface area (Å²) in [7, 11) is 0. The third-order valence-electron chi connectivity index (χ3n) is 3.50. The Bertz CT molecular complexity index is 509. The van der Waals surface area contributed by atoms with E-state index in [0.29, 0.717) is 6.04 Å². The molecular formula is C17H23NS. The molecule has 0 saturated heterocycles. The first kappa shape index (κ1) is 14.4. The molecule has 0 saturated carbocycles. The first-order chi connectivity index (χ1) is 9.31. The molecule has 1 unspecified atom stereocenters. The van der Waals surface area contributed by atoms with Crippen LogP contribution < -0.4 is 5.32 Å². The van der Waals surface area contributed by atoms with Gasteiger partial charge in [-0.2, -0.15) is 11.8 Å². The lowest BCUT2D eigenvalue weighted by atomic mass is 10.0. The number of nitrogens with one attached hydrogen (secondary N) is 1. The van der Waals surface area contributed by atoms with Gasteiger partial charge in [-0.15, -0.1) is 0 Å². The highest BCUT2D eigenvalue weighted by molar-refractivity contribution is 7.98. The minimum absolute atomic E-state index is 0.430. The third-order valence-corrected chi connectivity index (χ3v) is 4.20. The van der Waals surface area contributed by atoms with Crippen LogP contribution in [0.2, 0.25) is 0 Å². The summed E-state index contributed by atoms with van der Waals surface area (Å²) >= 11 is 1.93. The summed E-state index contributed by atoms with van der Waals surface area (Å²) in [6, 6.07) is 15.7. The van der Waals surface area contributed by atoms with Crippen molar-refractivity contribution in [2.45, 2.75) is 25.8 Å². The molecule has 1 nitrogen and oxygen atoms in total. The molecule has 2 aromatic carbocycles. The van der Waals surface area contributed by atoms with Crippen LogP contribution in [0.5, 0.6) is 0 Å². The lowest BCUT2D eigenvalue weighted by molar-refractivity contribution is 0.556. The third kappa shape index (κ3) is 4.26. The summed E-state index contributed by atoms with van der Waals surface area (Å²) in [6.45, 7) is 3.35. The Morgan fingerprint density at radius 2 is 1.84 bits per heavy atom. The van der Waals surface area contributed by atoms with Gasteiger partial charge >= 0.3 is 0 Å². The van der Waals surface area contributed by atoms with Gasteiger partial charge in [0.25, 0.3) is 0 Å². The van der Waals surface area contributed by atoms with Crippen molar-refractivity contribution < 1.29 is 0 Å². The molecule has 2 aromatic rings. The standard InChI is InChI=1S/C17H23NS/c1-14(18-11-5-6-12-19-2)16-10-9-15-7-3-4-8-17(15)13-16/h3-4,7-10,13-14,18H,5-6,11-12H2,1-2H3. The van der Waals surface area contributed by atoms with E-state index in [9.17, 15) is 0 Å². The molecule has 19 heavy (non-hydrogen) atoms. The van der Waals surface area contributed by atoms with E-state index in [1.165, 1.54) is 34.9 Å². The molecule has 1 atom stereocenters. The van der Waals surface area contributed by atoms with Gasteiger partial charge in [0.05, 0.1) is 0 Å². The van der Waals surface area contributed by atoms with E-state index >= 15 is 0 Å². The maximum absolute atomic E-state index is 3.61. The van der Waals surface area contributed by atoms with Gasteiger partial charge in [-0.05, 0) is 60.7 Å². The van der Waals surface area contributed by atoms with E-state index in [0.717, 1.165) is 6.54 Å². The summed E-state index contributed by atoms with van der Waals surface area (Å²) in [5, 5.41) is 6.26. The topological polar surface area (TPSA) is 12.0 Å². The molecule has 0 aliphatic carbocycles. The largest absolute Gasteiger partial charge is 0.310 e. The normalized spacial score (nSPS) is 12.7. The number of unbranched alkanes of at least 4 members (excludes halogenated alkanes) is 1. The van der Waals surface area contributed by atoms with Crippen LogP contribution in [0.15, 0.2) is 42.5 Å². The van der Waals surface area contributed by atoms with Crippen molar-refractivity contribution in [2.75, 3.05) is 18.6 Å². The molecule has 102 valence electrons. The lowest BCUT2D eigenvalue weighted by Crippen LogP contribution is -2.19. The van der Waals surface area contributed by atoms with Crippen LogP contribution in [0, 0.1) is 0 Å². The second-order valence-electron chi connectivity index (χ2n) is 4.98. The van der Waals surface area contributed by atoms with Gasteiger partial charge in [0.1, 0.15) is 0 Å². The summed E-state index contributed by atoms with van der Waals surface area (Å²) in [4.78, 5) is 0. The molecule has 0 amide bonds. The molecule has 0 aromatic heterocycles.